The standard InChI is InChI=1S/C38H44O6/c1-35(2)23-17-19-37(35,5)31-25(23)26-24-18-20-38(6,36(24,3)4)32(26)44-34(42)28(30(40)22-15-11-8-12-16-22)27(33(41)43-31)29(39)21-13-9-7-10-14-21/h7-16,23-28,31-32H,17-20H2,1-6H3/t23-,24-,25+,26+,27-,28-,31-,32-,37+,38+/m1/s1. The number of hydrogen-bond donors (Lipinski definition) is 0. The maximum absolute atomic E-state index is 14.6. The van der Waals surface area contributed by atoms with Gasteiger partial charge in [-0.1, -0.05) is 102 Å². The zero-order valence-corrected chi connectivity index (χ0v) is 26.7. The molecule has 0 spiro atoms. The van der Waals surface area contributed by atoms with Gasteiger partial charge in [-0.05, 0) is 48.3 Å². The van der Waals surface area contributed by atoms with Crippen molar-refractivity contribution in [2.24, 2.45) is 57.2 Å². The molecule has 2 aromatic rings. The molecule has 232 valence electrons. The minimum Gasteiger partial charge on any atom is -0.461 e. The van der Waals surface area contributed by atoms with Gasteiger partial charge in [0.15, 0.2) is 11.6 Å². The Morgan fingerprint density at radius 1 is 0.591 bits per heavy atom. The van der Waals surface area contributed by atoms with E-state index in [9.17, 15) is 19.2 Å². The average molecular weight is 597 g/mol. The summed E-state index contributed by atoms with van der Waals surface area (Å²) in [4.78, 5) is 57.7. The Labute approximate surface area is 260 Å². The first-order chi connectivity index (χ1) is 20.8. The summed E-state index contributed by atoms with van der Waals surface area (Å²) in [7, 11) is 0. The summed E-state index contributed by atoms with van der Waals surface area (Å²) >= 11 is 0. The van der Waals surface area contributed by atoms with Crippen LogP contribution >= 0.6 is 0 Å². The molecule has 44 heavy (non-hydrogen) atoms. The molecule has 6 heteroatoms. The van der Waals surface area contributed by atoms with E-state index in [0.717, 1.165) is 25.7 Å². The van der Waals surface area contributed by atoms with Crippen LogP contribution in [0.25, 0.3) is 0 Å². The van der Waals surface area contributed by atoms with Gasteiger partial charge in [0.25, 0.3) is 0 Å². The Balaban J connectivity index is 1.42. The molecule has 1 saturated heterocycles. The second kappa shape index (κ2) is 9.61. The number of hydrogen-bond acceptors (Lipinski definition) is 6. The molecular formula is C38H44O6. The quantitative estimate of drug-likeness (QED) is 0.215. The van der Waals surface area contributed by atoms with Crippen molar-refractivity contribution in [3.05, 3.63) is 71.8 Å². The zero-order chi connectivity index (χ0) is 31.4. The van der Waals surface area contributed by atoms with Gasteiger partial charge in [-0.25, -0.2) is 0 Å². The van der Waals surface area contributed by atoms with Gasteiger partial charge in [-0.3, -0.25) is 19.2 Å². The Morgan fingerprint density at radius 2 is 0.932 bits per heavy atom. The predicted molar refractivity (Wildman–Crippen MR) is 164 cm³/mol. The summed E-state index contributed by atoms with van der Waals surface area (Å²) in [5.41, 5.74) is -0.332. The van der Waals surface area contributed by atoms with Crippen molar-refractivity contribution in [1.29, 1.82) is 0 Å². The highest BCUT2D eigenvalue weighted by molar-refractivity contribution is 6.19. The molecule has 7 rings (SSSR count). The number of carbonyl (C=O) groups excluding carboxylic acids is 4. The number of rotatable bonds is 4. The first-order valence-electron chi connectivity index (χ1n) is 16.4. The van der Waals surface area contributed by atoms with E-state index in [-0.39, 0.29) is 44.6 Å². The minimum atomic E-state index is -1.65. The summed E-state index contributed by atoms with van der Waals surface area (Å²) in [6.45, 7) is 13.6. The van der Waals surface area contributed by atoms with Gasteiger partial charge in [0.2, 0.25) is 0 Å². The molecule has 5 fully saturated rings. The molecule has 1 heterocycles. The number of carbonyl (C=O) groups is 4. The third-order valence-corrected chi connectivity index (χ3v) is 14.1. The molecule has 4 bridgehead atoms. The van der Waals surface area contributed by atoms with Gasteiger partial charge in [0.1, 0.15) is 24.0 Å². The lowest BCUT2D eigenvalue weighted by Crippen LogP contribution is -2.54. The van der Waals surface area contributed by atoms with Crippen molar-refractivity contribution >= 4 is 23.5 Å². The number of fused-ring (bicyclic) bond motifs is 11. The molecule has 4 saturated carbocycles. The van der Waals surface area contributed by atoms with Crippen LogP contribution in [0.4, 0.5) is 0 Å². The second-order valence-corrected chi connectivity index (χ2v) is 15.9. The van der Waals surface area contributed by atoms with Gasteiger partial charge in [-0.15, -0.1) is 0 Å². The van der Waals surface area contributed by atoms with E-state index in [4.69, 9.17) is 9.47 Å². The molecule has 0 radical (unpaired) electrons. The van der Waals surface area contributed by atoms with Crippen molar-refractivity contribution in [1.82, 2.24) is 0 Å². The van der Waals surface area contributed by atoms with Crippen molar-refractivity contribution in [3.8, 4) is 0 Å². The van der Waals surface area contributed by atoms with E-state index in [1.807, 2.05) is 0 Å². The number of ether oxygens (including phenoxy) is 2. The smallest absolute Gasteiger partial charge is 0.318 e. The lowest BCUT2D eigenvalue weighted by molar-refractivity contribution is -0.187. The van der Waals surface area contributed by atoms with Crippen LogP contribution in [0.3, 0.4) is 0 Å². The monoisotopic (exact) mass is 596 g/mol. The molecule has 4 aliphatic carbocycles. The normalized spacial score (nSPS) is 41.3. The molecule has 6 nitrogen and oxygen atoms in total. The van der Waals surface area contributed by atoms with Crippen LogP contribution in [-0.4, -0.2) is 35.7 Å². The molecule has 0 N–H and O–H groups in total. The molecule has 10 atom stereocenters. The van der Waals surface area contributed by atoms with E-state index in [1.165, 1.54) is 0 Å². The first kappa shape index (κ1) is 29.4. The summed E-state index contributed by atoms with van der Waals surface area (Å²) in [6, 6.07) is 16.9. The number of benzene rings is 2. The Hall–Kier alpha value is -3.28. The van der Waals surface area contributed by atoms with Gasteiger partial charge in [0, 0.05) is 33.8 Å². The van der Waals surface area contributed by atoms with Gasteiger partial charge in [-0.2, -0.15) is 0 Å². The van der Waals surface area contributed by atoms with Crippen LogP contribution in [-0.2, 0) is 19.1 Å². The van der Waals surface area contributed by atoms with E-state index in [1.54, 1.807) is 60.7 Å². The summed E-state index contributed by atoms with van der Waals surface area (Å²) in [5, 5.41) is 0. The molecule has 5 aliphatic rings. The molecular weight excluding hydrogens is 552 g/mol. The van der Waals surface area contributed by atoms with Gasteiger partial charge >= 0.3 is 11.9 Å². The lowest BCUT2D eigenvalue weighted by Gasteiger charge is -2.47. The Morgan fingerprint density at radius 3 is 1.27 bits per heavy atom. The lowest BCUT2D eigenvalue weighted by atomic mass is 9.65. The summed E-state index contributed by atoms with van der Waals surface area (Å²) in [6.07, 6.45) is 3.03. The number of esters is 2. The topological polar surface area (TPSA) is 86.7 Å². The highest BCUT2D eigenvalue weighted by atomic mass is 16.6. The van der Waals surface area contributed by atoms with Crippen LogP contribution in [0.2, 0.25) is 0 Å². The van der Waals surface area contributed by atoms with E-state index >= 15 is 0 Å². The van der Waals surface area contributed by atoms with Crippen molar-refractivity contribution in [2.75, 3.05) is 0 Å². The van der Waals surface area contributed by atoms with E-state index in [2.05, 4.69) is 41.5 Å². The maximum atomic E-state index is 14.6. The number of Topliss-reactive ketones (excluding diaryl/α,β-unsaturated/α-hetero) is 2. The summed E-state index contributed by atoms with van der Waals surface area (Å²) < 4.78 is 13.3. The third-order valence-electron chi connectivity index (χ3n) is 14.1. The van der Waals surface area contributed by atoms with Crippen LogP contribution in [0.5, 0.6) is 0 Å². The molecule has 0 unspecified atom stereocenters. The molecule has 0 aromatic heterocycles. The highest BCUT2D eigenvalue weighted by Crippen LogP contribution is 2.77. The molecule has 1 aliphatic heterocycles. The van der Waals surface area contributed by atoms with Crippen LogP contribution < -0.4 is 0 Å². The zero-order valence-electron chi connectivity index (χ0n) is 26.7. The molecule has 0 amide bonds. The fraction of sp³-hybridized carbons (Fsp3) is 0.579. The van der Waals surface area contributed by atoms with Crippen LogP contribution in [0.1, 0.15) is 87.9 Å². The highest BCUT2D eigenvalue weighted by Gasteiger charge is 2.76. The predicted octanol–water partition coefficient (Wildman–Crippen LogP) is 6.97. The van der Waals surface area contributed by atoms with E-state index in [0.29, 0.717) is 11.8 Å². The summed E-state index contributed by atoms with van der Waals surface area (Å²) in [5.74, 6) is -5.49. The van der Waals surface area contributed by atoms with Crippen LogP contribution in [0, 0.1) is 57.2 Å². The fourth-order valence-corrected chi connectivity index (χ4v) is 10.9. The SMILES string of the molecule is CC1(C)[C@@H]2CC[C@@]1(C)[C@@H]1OC(=O)[C@@H](C(=O)c3ccccc3)[C@H](C(=O)c3ccccc3)C(=O)O[C@@H]3[C@H]([C@H]21)[C@H]1CC[C@]3(C)C1(C)C. The van der Waals surface area contributed by atoms with E-state index < -0.39 is 47.5 Å². The van der Waals surface area contributed by atoms with Crippen LogP contribution in [0.15, 0.2) is 60.7 Å². The number of ketones is 2. The first-order valence-corrected chi connectivity index (χ1v) is 16.4. The fourth-order valence-electron chi connectivity index (χ4n) is 10.9. The Bertz CT molecular complexity index is 1410. The minimum absolute atomic E-state index is 0.00533. The van der Waals surface area contributed by atoms with Crippen molar-refractivity contribution in [2.45, 2.75) is 79.4 Å². The average Bonchev–Trinajstić information content (AvgIpc) is 3.50. The Kier molecular flexibility index (Phi) is 6.43. The van der Waals surface area contributed by atoms with Crippen molar-refractivity contribution < 1.29 is 28.7 Å². The molecule has 2 aromatic carbocycles. The maximum Gasteiger partial charge on any atom is 0.318 e. The van der Waals surface area contributed by atoms with Crippen molar-refractivity contribution in [3.63, 3.8) is 0 Å². The second-order valence-electron chi connectivity index (χ2n) is 15.9. The third kappa shape index (κ3) is 3.66. The van der Waals surface area contributed by atoms with Gasteiger partial charge < -0.3 is 9.47 Å². The van der Waals surface area contributed by atoms with Gasteiger partial charge in [0.05, 0.1) is 0 Å². The largest absolute Gasteiger partial charge is 0.461 e.